The summed E-state index contributed by atoms with van der Waals surface area (Å²) in [6, 6.07) is 10.9. The fourth-order valence-electron chi connectivity index (χ4n) is 3.93. The summed E-state index contributed by atoms with van der Waals surface area (Å²) < 4.78 is 61.1. The number of methoxy groups -OCH3 is 2. The van der Waals surface area contributed by atoms with Crippen molar-refractivity contribution in [2.45, 2.75) is 18.6 Å². The first kappa shape index (κ1) is 22.6. The summed E-state index contributed by atoms with van der Waals surface area (Å²) in [5, 5.41) is 0. The number of benzene rings is 2. The van der Waals surface area contributed by atoms with E-state index in [1.807, 2.05) is 6.07 Å². The van der Waals surface area contributed by atoms with Crippen LogP contribution in [0.5, 0.6) is 17.2 Å². The Bertz CT molecular complexity index is 1130. The van der Waals surface area contributed by atoms with Crippen molar-refractivity contribution < 1.29 is 36.6 Å². The molecular formula is C24H22F3NO5. The fraction of sp³-hybridized carbons (Fsp3) is 0.292. The quantitative estimate of drug-likeness (QED) is 0.509. The normalized spacial score (nSPS) is 15.7. The van der Waals surface area contributed by atoms with Gasteiger partial charge in [0.15, 0.2) is 17.3 Å². The molecule has 0 N–H and O–H groups in total. The zero-order valence-corrected chi connectivity index (χ0v) is 18.0. The van der Waals surface area contributed by atoms with E-state index in [-0.39, 0.29) is 24.0 Å². The smallest absolute Gasteiger partial charge is 0.416 e. The molecule has 1 aliphatic rings. The predicted molar refractivity (Wildman–Crippen MR) is 113 cm³/mol. The van der Waals surface area contributed by atoms with Crippen molar-refractivity contribution in [3.05, 3.63) is 77.2 Å². The summed E-state index contributed by atoms with van der Waals surface area (Å²) in [6.07, 6.45) is -2.52. The number of hydrogen-bond donors (Lipinski definition) is 0. The van der Waals surface area contributed by atoms with Gasteiger partial charge in [0.2, 0.25) is 0 Å². The number of amides is 1. The molecular weight excluding hydrogens is 439 g/mol. The van der Waals surface area contributed by atoms with Crippen molar-refractivity contribution in [2.75, 3.05) is 27.4 Å². The van der Waals surface area contributed by atoms with Crippen LogP contribution >= 0.6 is 0 Å². The molecule has 1 aliphatic heterocycles. The highest BCUT2D eigenvalue weighted by Gasteiger charge is 2.35. The first-order valence-corrected chi connectivity index (χ1v) is 10.2. The summed E-state index contributed by atoms with van der Waals surface area (Å²) in [5.41, 5.74) is 0.901. The highest BCUT2D eigenvalue weighted by molar-refractivity contribution is 5.92. The maximum absolute atomic E-state index is 13.1. The Balaban J connectivity index is 1.68. The van der Waals surface area contributed by atoms with E-state index in [9.17, 15) is 18.0 Å². The van der Waals surface area contributed by atoms with E-state index in [0.29, 0.717) is 24.5 Å². The molecule has 0 spiro atoms. The largest absolute Gasteiger partial charge is 0.493 e. The van der Waals surface area contributed by atoms with E-state index in [0.717, 1.165) is 23.3 Å². The van der Waals surface area contributed by atoms with Gasteiger partial charge in [-0.25, -0.2) is 0 Å². The van der Waals surface area contributed by atoms with Gasteiger partial charge in [-0.05, 0) is 60.0 Å². The van der Waals surface area contributed by atoms with Crippen LogP contribution in [0.3, 0.4) is 0 Å². The monoisotopic (exact) mass is 461 g/mol. The van der Waals surface area contributed by atoms with Gasteiger partial charge in [-0.1, -0.05) is 6.07 Å². The number of carbonyl (C=O) groups excluding carboxylic acids is 1. The van der Waals surface area contributed by atoms with Gasteiger partial charge in [-0.3, -0.25) is 4.79 Å². The molecule has 1 aromatic heterocycles. The Labute approximate surface area is 188 Å². The number of alkyl halides is 3. The van der Waals surface area contributed by atoms with Crippen molar-refractivity contribution in [3.8, 4) is 17.2 Å². The van der Waals surface area contributed by atoms with Crippen molar-refractivity contribution in [1.82, 2.24) is 4.90 Å². The number of halogens is 3. The lowest BCUT2D eigenvalue weighted by Gasteiger charge is -2.37. The third kappa shape index (κ3) is 4.62. The summed E-state index contributed by atoms with van der Waals surface area (Å²) in [6.45, 7) is 0.314. The van der Waals surface area contributed by atoms with Crippen LogP contribution in [-0.4, -0.2) is 38.2 Å². The molecule has 0 bridgehead atoms. The van der Waals surface area contributed by atoms with Gasteiger partial charge in [0.1, 0.15) is 12.4 Å². The average Bonchev–Trinajstić information content (AvgIpc) is 3.35. The highest BCUT2D eigenvalue weighted by atomic mass is 19.4. The fourth-order valence-corrected chi connectivity index (χ4v) is 3.93. The molecule has 0 radical (unpaired) electrons. The predicted octanol–water partition coefficient (Wildman–Crippen LogP) is 5.13. The summed E-state index contributed by atoms with van der Waals surface area (Å²) in [5.74, 6) is 0.927. The van der Waals surface area contributed by atoms with E-state index in [1.165, 1.54) is 32.6 Å². The minimum Gasteiger partial charge on any atom is -0.493 e. The van der Waals surface area contributed by atoms with Gasteiger partial charge in [0.05, 0.1) is 32.1 Å². The number of ether oxygens (including phenoxy) is 3. The van der Waals surface area contributed by atoms with Crippen LogP contribution in [0.25, 0.3) is 0 Å². The van der Waals surface area contributed by atoms with Gasteiger partial charge >= 0.3 is 6.18 Å². The number of fused-ring (bicyclic) bond motifs is 1. The molecule has 0 saturated heterocycles. The molecule has 1 amide bonds. The standard InChI is InChI=1S/C24H22F3NO5/c1-30-21-11-15-8-9-28(23(29)20-7-4-10-32-20)19(18(15)13-22(21)31-2)14-33-17-6-3-5-16(12-17)24(25,26)27/h3-7,10-13,19H,8-9,14H2,1-2H3/t19-/m1/s1. The van der Waals surface area contributed by atoms with E-state index in [2.05, 4.69) is 0 Å². The molecule has 2 aromatic carbocycles. The lowest BCUT2D eigenvalue weighted by Crippen LogP contribution is -2.42. The van der Waals surface area contributed by atoms with E-state index in [4.69, 9.17) is 18.6 Å². The molecule has 1 atom stereocenters. The van der Waals surface area contributed by atoms with Gasteiger partial charge in [-0.2, -0.15) is 13.2 Å². The molecule has 9 heteroatoms. The van der Waals surface area contributed by atoms with Crippen LogP contribution in [0.1, 0.15) is 33.3 Å². The molecule has 4 rings (SSSR count). The zero-order valence-electron chi connectivity index (χ0n) is 18.0. The Morgan fingerprint density at radius 3 is 2.52 bits per heavy atom. The third-order valence-electron chi connectivity index (χ3n) is 5.56. The van der Waals surface area contributed by atoms with Crippen molar-refractivity contribution in [3.63, 3.8) is 0 Å². The number of hydrogen-bond acceptors (Lipinski definition) is 5. The van der Waals surface area contributed by atoms with Crippen molar-refractivity contribution >= 4 is 5.91 Å². The first-order valence-electron chi connectivity index (χ1n) is 10.2. The van der Waals surface area contributed by atoms with Crippen LogP contribution in [-0.2, 0) is 12.6 Å². The zero-order chi connectivity index (χ0) is 23.6. The Hall–Kier alpha value is -3.62. The first-order chi connectivity index (χ1) is 15.8. The molecule has 0 unspecified atom stereocenters. The second kappa shape index (κ2) is 9.09. The van der Waals surface area contributed by atoms with Gasteiger partial charge in [0.25, 0.3) is 5.91 Å². The molecule has 2 heterocycles. The summed E-state index contributed by atoms with van der Waals surface area (Å²) >= 11 is 0. The topological polar surface area (TPSA) is 61.1 Å². The Morgan fingerprint density at radius 2 is 1.85 bits per heavy atom. The van der Waals surface area contributed by atoms with E-state index >= 15 is 0 Å². The molecule has 0 saturated carbocycles. The lowest BCUT2D eigenvalue weighted by molar-refractivity contribution is -0.137. The number of rotatable bonds is 6. The molecule has 3 aromatic rings. The van der Waals surface area contributed by atoms with E-state index < -0.39 is 17.8 Å². The average molecular weight is 461 g/mol. The van der Waals surface area contributed by atoms with Gasteiger partial charge in [-0.15, -0.1) is 0 Å². The van der Waals surface area contributed by atoms with Gasteiger partial charge in [0, 0.05) is 6.54 Å². The van der Waals surface area contributed by atoms with Crippen LogP contribution < -0.4 is 14.2 Å². The second-order valence-electron chi connectivity index (χ2n) is 7.48. The highest BCUT2D eigenvalue weighted by Crippen LogP contribution is 2.39. The molecule has 0 fully saturated rings. The molecule has 174 valence electrons. The maximum Gasteiger partial charge on any atom is 0.416 e. The van der Waals surface area contributed by atoms with Crippen LogP contribution in [0.15, 0.2) is 59.2 Å². The maximum atomic E-state index is 13.1. The van der Waals surface area contributed by atoms with Crippen LogP contribution in [0, 0.1) is 0 Å². The Kier molecular flexibility index (Phi) is 6.22. The minimum atomic E-state index is -4.48. The summed E-state index contributed by atoms with van der Waals surface area (Å²) in [7, 11) is 3.04. The van der Waals surface area contributed by atoms with Crippen molar-refractivity contribution in [2.24, 2.45) is 0 Å². The number of carbonyl (C=O) groups is 1. The lowest BCUT2D eigenvalue weighted by atomic mass is 9.92. The van der Waals surface area contributed by atoms with Crippen LogP contribution in [0.2, 0.25) is 0 Å². The van der Waals surface area contributed by atoms with Gasteiger partial charge < -0.3 is 23.5 Å². The Morgan fingerprint density at radius 1 is 1.09 bits per heavy atom. The SMILES string of the molecule is COc1cc2c(cc1OC)[C@@H](COc1cccc(C(F)(F)F)c1)N(C(=O)c1ccco1)CC2. The molecule has 0 aliphatic carbocycles. The van der Waals surface area contributed by atoms with Crippen molar-refractivity contribution in [1.29, 1.82) is 0 Å². The number of furan rings is 1. The second-order valence-corrected chi connectivity index (χ2v) is 7.48. The van der Waals surface area contributed by atoms with Crippen LogP contribution in [0.4, 0.5) is 13.2 Å². The van der Waals surface area contributed by atoms with E-state index in [1.54, 1.807) is 23.1 Å². The summed E-state index contributed by atoms with van der Waals surface area (Å²) in [4.78, 5) is 14.7. The molecule has 6 nitrogen and oxygen atoms in total. The number of nitrogens with zero attached hydrogens (tertiary/aromatic N) is 1. The molecule has 33 heavy (non-hydrogen) atoms. The minimum absolute atomic E-state index is 0.0582. The third-order valence-corrected chi connectivity index (χ3v) is 5.56.